The highest BCUT2D eigenvalue weighted by molar-refractivity contribution is 7.80. The van der Waals surface area contributed by atoms with Crippen molar-refractivity contribution < 1.29 is 4.74 Å². The first kappa shape index (κ1) is 14.1. The second kappa shape index (κ2) is 6.73. The standard InChI is InChI=1S/C14H21N3OS/c1-17-8-6-11(7-9-17)10-18-13-4-2-12(3-5-13)16-14(15)19/h2-5,11H,6-10H2,1H3,(H3,15,16,19). The number of nitrogens with zero attached hydrogens (tertiary/aromatic N) is 1. The minimum atomic E-state index is 0.278. The second-order valence-electron chi connectivity index (χ2n) is 5.07. The fourth-order valence-corrected chi connectivity index (χ4v) is 2.34. The molecule has 1 fully saturated rings. The van der Waals surface area contributed by atoms with Crippen molar-refractivity contribution in [3.8, 4) is 5.75 Å². The Kier molecular flexibility index (Phi) is 4.99. The molecule has 0 aliphatic carbocycles. The van der Waals surface area contributed by atoms with Crippen molar-refractivity contribution in [1.29, 1.82) is 0 Å². The molecule has 4 nitrogen and oxygen atoms in total. The first-order valence-electron chi connectivity index (χ1n) is 6.61. The summed E-state index contributed by atoms with van der Waals surface area (Å²) in [5.74, 6) is 1.57. The monoisotopic (exact) mass is 279 g/mol. The quantitative estimate of drug-likeness (QED) is 0.826. The maximum Gasteiger partial charge on any atom is 0.168 e. The van der Waals surface area contributed by atoms with Crippen LogP contribution in [0.25, 0.3) is 0 Å². The van der Waals surface area contributed by atoms with Crippen LogP contribution in [0.2, 0.25) is 0 Å². The number of hydrogen-bond acceptors (Lipinski definition) is 3. The minimum absolute atomic E-state index is 0.278. The zero-order valence-corrected chi connectivity index (χ0v) is 12.1. The molecule has 1 aromatic rings. The molecule has 0 atom stereocenters. The number of benzene rings is 1. The van der Waals surface area contributed by atoms with Gasteiger partial charge in [0, 0.05) is 5.69 Å². The minimum Gasteiger partial charge on any atom is -0.493 e. The number of nitrogens with one attached hydrogen (secondary N) is 1. The van der Waals surface area contributed by atoms with E-state index in [1.165, 1.54) is 25.9 Å². The molecule has 0 spiro atoms. The van der Waals surface area contributed by atoms with Crippen LogP contribution in [-0.2, 0) is 0 Å². The van der Waals surface area contributed by atoms with Crippen LogP contribution in [-0.4, -0.2) is 36.8 Å². The Labute approximate surface area is 119 Å². The number of anilines is 1. The van der Waals surface area contributed by atoms with E-state index in [-0.39, 0.29) is 5.11 Å². The third-order valence-electron chi connectivity index (χ3n) is 3.45. The fourth-order valence-electron chi connectivity index (χ4n) is 2.22. The lowest BCUT2D eigenvalue weighted by atomic mass is 9.98. The molecule has 0 saturated carbocycles. The van der Waals surface area contributed by atoms with Crippen LogP contribution in [0.15, 0.2) is 24.3 Å². The second-order valence-corrected chi connectivity index (χ2v) is 5.51. The van der Waals surface area contributed by atoms with E-state index >= 15 is 0 Å². The molecule has 1 heterocycles. The molecule has 0 aromatic heterocycles. The summed E-state index contributed by atoms with van der Waals surface area (Å²) in [5.41, 5.74) is 6.30. The van der Waals surface area contributed by atoms with Gasteiger partial charge in [0.15, 0.2) is 5.11 Å². The van der Waals surface area contributed by atoms with Crippen LogP contribution in [0.1, 0.15) is 12.8 Å². The predicted molar refractivity (Wildman–Crippen MR) is 82.6 cm³/mol. The molecule has 0 unspecified atom stereocenters. The van der Waals surface area contributed by atoms with Crippen molar-refractivity contribution in [3.05, 3.63) is 24.3 Å². The van der Waals surface area contributed by atoms with Gasteiger partial charge in [0.2, 0.25) is 0 Å². The number of nitrogens with two attached hydrogens (primary N) is 1. The fraction of sp³-hybridized carbons (Fsp3) is 0.500. The van der Waals surface area contributed by atoms with Crippen LogP contribution >= 0.6 is 12.2 Å². The van der Waals surface area contributed by atoms with Gasteiger partial charge in [-0.2, -0.15) is 0 Å². The molecule has 104 valence electrons. The van der Waals surface area contributed by atoms with Crippen LogP contribution in [0, 0.1) is 5.92 Å². The molecule has 19 heavy (non-hydrogen) atoms. The van der Waals surface area contributed by atoms with Crippen molar-refractivity contribution in [2.45, 2.75) is 12.8 Å². The molecule has 1 aliphatic heterocycles. The van der Waals surface area contributed by atoms with Gasteiger partial charge in [-0.1, -0.05) is 0 Å². The molecule has 3 N–H and O–H groups in total. The highest BCUT2D eigenvalue weighted by Gasteiger charge is 2.16. The van der Waals surface area contributed by atoms with E-state index in [2.05, 4.69) is 17.3 Å². The first-order valence-corrected chi connectivity index (χ1v) is 7.02. The van der Waals surface area contributed by atoms with Gasteiger partial charge in [-0.05, 0) is 75.4 Å². The Hall–Kier alpha value is -1.33. The summed E-state index contributed by atoms with van der Waals surface area (Å²) in [6, 6.07) is 7.72. The predicted octanol–water partition coefficient (Wildman–Crippen LogP) is 2.06. The Morgan fingerprint density at radius 2 is 2.00 bits per heavy atom. The van der Waals surface area contributed by atoms with Gasteiger partial charge in [0.1, 0.15) is 5.75 Å². The average molecular weight is 279 g/mol. The van der Waals surface area contributed by atoms with Crippen LogP contribution in [0.5, 0.6) is 5.75 Å². The topological polar surface area (TPSA) is 50.5 Å². The Bertz CT molecular complexity index is 413. The molecule has 2 rings (SSSR count). The smallest absolute Gasteiger partial charge is 0.168 e. The van der Waals surface area contributed by atoms with Gasteiger partial charge in [0.25, 0.3) is 0 Å². The molecular weight excluding hydrogens is 258 g/mol. The van der Waals surface area contributed by atoms with Gasteiger partial charge in [-0.3, -0.25) is 0 Å². The summed E-state index contributed by atoms with van der Waals surface area (Å²) in [4.78, 5) is 2.37. The number of hydrogen-bond donors (Lipinski definition) is 2. The molecular formula is C14H21N3OS. The number of rotatable bonds is 4. The van der Waals surface area contributed by atoms with Crippen molar-refractivity contribution >= 4 is 23.0 Å². The Balaban J connectivity index is 1.78. The normalized spacial score (nSPS) is 17.1. The first-order chi connectivity index (χ1) is 9.13. The van der Waals surface area contributed by atoms with E-state index < -0.39 is 0 Å². The number of ether oxygens (including phenoxy) is 1. The summed E-state index contributed by atoms with van der Waals surface area (Å²) < 4.78 is 5.83. The molecule has 1 aromatic carbocycles. The lowest BCUT2D eigenvalue weighted by Gasteiger charge is -2.28. The van der Waals surface area contributed by atoms with Crippen LogP contribution < -0.4 is 15.8 Å². The largest absolute Gasteiger partial charge is 0.493 e. The number of piperidine rings is 1. The summed E-state index contributed by atoms with van der Waals surface area (Å²) >= 11 is 4.79. The van der Waals surface area contributed by atoms with Gasteiger partial charge in [-0.25, -0.2) is 0 Å². The maximum absolute atomic E-state index is 5.83. The van der Waals surface area contributed by atoms with Gasteiger partial charge in [-0.15, -0.1) is 0 Å². The zero-order chi connectivity index (χ0) is 13.7. The van der Waals surface area contributed by atoms with E-state index in [0.717, 1.165) is 18.0 Å². The molecule has 5 heteroatoms. The van der Waals surface area contributed by atoms with Crippen molar-refractivity contribution in [2.75, 3.05) is 32.1 Å². The maximum atomic E-state index is 5.83. The van der Waals surface area contributed by atoms with Gasteiger partial charge >= 0.3 is 0 Å². The summed E-state index contributed by atoms with van der Waals surface area (Å²) in [6.07, 6.45) is 2.44. The van der Waals surface area contributed by atoms with E-state index in [0.29, 0.717) is 5.92 Å². The summed E-state index contributed by atoms with van der Waals surface area (Å²) in [7, 11) is 2.17. The van der Waals surface area contributed by atoms with Crippen LogP contribution in [0.4, 0.5) is 5.69 Å². The molecule has 0 radical (unpaired) electrons. The number of thiocarbonyl (C=S) groups is 1. The lowest BCUT2D eigenvalue weighted by Crippen LogP contribution is -2.32. The van der Waals surface area contributed by atoms with Crippen molar-refractivity contribution in [2.24, 2.45) is 11.7 Å². The Morgan fingerprint density at radius 1 is 1.37 bits per heavy atom. The van der Waals surface area contributed by atoms with Crippen molar-refractivity contribution in [3.63, 3.8) is 0 Å². The van der Waals surface area contributed by atoms with Gasteiger partial charge < -0.3 is 20.7 Å². The molecule has 0 amide bonds. The average Bonchev–Trinajstić information content (AvgIpc) is 2.39. The van der Waals surface area contributed by atoms with E-state index in [4.69, 9.17) is 22.7 Å². The molecule has 1 saturated heterocycles. The van der Waals surface area contributed by atoms with Crippen molar-refractivity contribution in [1.82, 2.24) is 4.90 Å². The van der Waals surface area contributed by atoms with E-state index in [1.54, 1.807) is 0 Å². The summed E-state index contributed by atoms with van der Waals surface area (Å²) in [6.45, 7) is 3.14. The zero-order valence-electron chi connectivity index (χ0n) is 11.3. The molecule has 0 bridgehead atoms. The summed E-state index contributed by atoms with van der Waals surface area (Å²) in [5, 5.41) is 3.17. The van der Waals surface area contributed by atoms with E-state index in [1.807, 2.05) is 24.3 Å². The van der Waals surface area contributed by atoms with Gasteiger partial charge in [0.05, 0.1) is 6.61 Å². The highest BCUT2D eigenvalue weighted by Crippen LogP contribution is 2.20. The SMILES string of the molecule is CN1CCC(COc2ccc(NC(N)=S)cc2)CC1. The number of likely N-dealkylation sites (tertiary alicyclic amines) is 1. The Morgan fingerprint density at radius 3 is 2.58 bits per heavy atom. The lowest BCUT2D eigenvalue weighted by molar-refractivity contribution is 0.160. The third kappa shape index (κ3) is 4.69. The van der Waals surface area contributed by atoms with Crippen LogP contribution in [0.3, 0.4) is 0 Å². The molecule has 1 aliphatic rings. The third-order valence-corrected chi connectivity index (χ3v) is 3.55. The highest BCUT2D eigenvalue weighted by atomic mass is 32.1. The van der Waals surface area contributed by atoms with E-state index in [9.17, 15) is 0 Å².